The van der Waals surface area contributed by atoms with E-state index in [4.69, 9.17) is 9.72 Å². The first-order valence-electron chi connectivity index (χ1n) is 8.97. The van der Waals surface area contributed by atoms with Gasteiger partial charge in [-0.15, -0.1) is 0 Å². The third-order valence-electron chi connectivity index (χ3n) is 4.89. The molecule has 0 bridgehead atoms. The van der Waals surface area contributed by atoms with E-state index in [-0.39, 0.29) is 6.04 Å². The molecule has 1 aliphatic rings. The molecular formula is C20H23N3O3S. The van der Waals surface area contributed by atoms with Crippen LogP contribution in [0.1, 0.15) is 23.0 Å². The van der Waals surface area contributed by atoms with Crippen LogP contribution in [0.2, 0.25) is 0 Å². The number of aromatic nitrogens is 2. The summed E-state index contributed by atoms with van der Waals surface area (Å²) < 4.78 is 31.1. The molecule has 0 saturated heterocycles. The van der Waals surface area contributed by atoms with Crippen LogP contribution in [0.5, 0.6) is 0 Å². The number of fused-ring (bicyclic) bond motifs is 3. The summed E-state index contributed by atoms with van der Waals surface area (Å²) in [4.78, 5) is 5.04. The minimum Gasteiger partial charge on any atom is -0.371 e. The molecular weight excluding hydrogens is 362 g/mol. The van der Waals surface area contributed by atoms with Gasteiger partial charge in [0.05, 0.1) is 28.6 Å². The van der Waals surface area contributed by atoms with Crippen LogP contribution in [0.15, 0.2) is 47.4 Å². The van der Waals surface area contributed by atoms with Crippen molar-refractivity contribution in [1.29, 1.82) is 0 Å². The summed E-state index contributed by atoms with van der Waals surface area (Å²) >= 11 is 0. The fourth-order valence-electron chi connectivity index (χ4n) is 3.51. The molecule has 7 heteroatoms. The monoisotopic (exact) mass is 385 g/mol. The Morgan fingerprint density at radius 1 is 1.22 bits per heavy atom. The van der Waals surface area contributed by atoms with Crippen LogP contribution < -0.4 is 5.32 Å². The minimum atomic E-state index is -3.16. The largest absolute Gasteiger partial charge is 0.371 e. The zero-order valence-corrected chi connectivity index (χ0v) is 16.3. The van der Waals surface area contributed by atoms with Crippen molar-refractivity contribution in [2.75, 3.05) is 19.4 Å². The van der Waals surface area contributed by atoms with Crippen LogP contribution in [0.25, 0.3) is 11.0 Å². The Kier molecular flexibility index (Phi) is 4.75. The summed E-state index contributed by atoms with van der Waals surface area (Å²) in [7, 11) is -3.16. The van der Waals surface area contributed by atoms with E-state index in [1.165, 1.54) is 11.8 Å². The molecule has 0 spiro atoms. The average molecular weight is 385 g/mol. The highest BCUT2D eigenvalue weighted by atomic mass is 32.2. The van der Waals surface area contributed by atoms with Gasteiger partial charge >= 0.3 is 0 Å². The van der Waals surface area contributed by atoms with Crippen LogP contribution in [0.3, 0.4) is 0 Å². The van der Waals surface area contributed by atoms with Crippen molar-refractivity contribution in [1.82, 2.24) is 14.9 Å². The quantitative estimate of drug-likeness (QED) is 0.731. The lowest BCUT2D eigenvalue weighted by Gasteiger charge is -2.26. The van der Waals surface area contributed by atoms with Crippen molar-refractivity contribution in [3.05, 3.63) is 59.4 Å². The van der Waals surface area contributed by atoms with Crippen molar-refractivity contribution in [3.63, 3.8) is 0 Å². The van der Waals surface area contributed by atoms with Crippen LogP contribution in [0, 0.1) is 6.92 Å². The van der Waals surface area contributed by atoms with Crippen LogP contribution >= 0.6 is 0 Å². The Labute approximate surface area is 159 Å². The predicted molar refractivity (Wildman–Crippen MR) is 104 cm³/mol. The van der Waals surface area contributed by atoms with Gasteiger partial charge in [-0.1, -0.05) is 18.2 Å². The van der Waals surface area contributed by atoms with E-state index < -0.39 is 9.84 Å². The molecule has 1 N–H and O–H groups in total. The van der Waals surface area contributed by atoms with E-state index in [9.17, 15) is 8.42 Å². The van der Waals surface area contributed by atoms with Gasteiger partial charge in [-0.2, -0.15) is 0 Å². The summed E-state index contributed by atoms with van der Waals surface area (Å²) in [6, 6.07) is 13.5. The summed E-state index contributed by atoms with van der Waals surface area (Å²) in [5.74, 6) is 0.964. The molecule has 1 atom stereocenters. The Morgan fingerprint density at radius 3 is 2.74 bits per heavy atom. The Bertz CT molecular complexity index is 1070. The number of sulfone groups is 1. The van der Waals surface area contributed by atoms with Crippen molar-refractivity contribution < 1.29 is 13.2 Å². The summed E-state index contributed by atoms with van der Waals surface area (Å²) in [6.45, 7) is 4.69. The van der Waals surface area contributed by atoms with Gasteiger partial charge in [0.15, 0.2) is 9.84 Å². The van der Waals surface area contributed by atoms with Gasteiger partial charge in [0.1, 0.15) is 12.4 Å². The van der Waals surface area contributed by atoms with Crippen LogP contribution in [-0.2, 0) is 27.7 Å². The number of nitrogens with one attached hydrogen (secondary N) is 1. The molecule has 0 amide bonds. The first kappa shape index (κ1) is 18.2. The highest BCUT2D eigenvalue weighted by Gasteiger charge is 2.23. The Hall–Kier alpha value is -2.22. The van der Waals surface area contributed by atoms with Crippen molar-refractivity contribution >= 4 is 20.9 Å². The van der Waals surface area contributed by atoms with Crippen LogP contribution in [0.4, 0.5) is 0 Å². The molecule has 6 nitrogen and oxygen atoms in total. The first-order chi connectivity index (χ1) is 12.9. The van der Waals surface area contributed by atoms with Gasteiger partial charge in [-0.05, 0) is 42.3 Å². The van der Waals surface area contributed by atoms with Crippen LogP contribution in [-0.4, -0.2) is 37.4 Å². The minimum absolute atomic E-state index is 0.177. The molecule has 3 aromatic rings. The molecule has 27 heavy (non-hydrogen) atoms. The maximum Gasteiger partial charge on any atom is 0.175 e. The standard InChI is InChI=1S/C20H23N3O3S/c1-14-3-8-18-19(9-14)23-16(12-26-13-20(23)22-18)11-21-10-15-4-6-17(7-5-15)27(2,24)25/h3-9,16,21H,10-13H2,1-2H3. The lowest BCUT2D eigenvalue weighted by molar-refractivity contribution is 0.0564. The molecule has 0 fully saturated rings. The molecule has 0 aliphatic carbocycles. The number of imidazole rings is 1. The van der Waals surface area contributed by atoms with E-state index >= 15 is 0 Å². The molecule has 0 radical (unpaired) electrons. The van der Waals surface area contributed by atoms with E-state index in [1.54, 1.807) is 12.1 Å². The topological polar surface area (TPSA) is 73.2 Å². The summed E-state index contributed by atoms with van der Waals surface area (Å²) in [6.07, 6.45) is 1.22. The SMILES string of the molecule is Cc1ccc2nc3n(c2c1)C(CNCc1ccc(S(C)(=O)=O)cc1)COC3. The summed E-state index contributed by atoms with van der Waals surface area (Å²) in [5, 5.41) is 3.46. The Morgan fingerprint density at radius 2 is 2.00 bits per heavy atom. The van der Waals surface area contributed by atoms with E-state index in [0.29, 0.717) is 24.7 Å². The van der Waals surface area contributed by atoms with Gasteiger partial charge in [0.2, 0.25) is 0 Å². The normalized spacial score (nSPS) is 17.2. The highest BCUT2D eigenvalue weighted by molar-refractivity contribution is 7.90. The molecule has 1 aromatic heterocycles. The third-order valence-corrected chi connectivity index (χ3v) is 6.01. The highest BCUT2D eigenvalue weighted by Crippen LogP contribution is 2.26. The molecule has 1 unspecified atom stereocenters. The molecule has 2 heterocycles. The van der Waals surface area contributed by atoms with Gasteiger partial charge in [-0.3, -0.25) is 0 Å². The fourth-order valence-corrected chi connectivity index (χ4v) is 4.14. The second-order valence-corrected chi connectivity index (χ2v) is 9.12. The average Bonchev–Trinajstić information content (AvgIpc) is 3.00. The lowest BCUT2D eigenvalue weighted by atomic mass is 10.2. The molecule has 0 saturated carbocycles. The predicted octanol–water partition coefficient (Wildman–Crippen LogP) is 2.61. The number of ether oxygens (including phenoxy) is 1. The second kappa shape index (κ2) is 7.07. The Balaban J connectivity index is 1.47. The lowest BCUT2D eigenvalue weighted by Crippen LogP contribution is -2.32. The number of hydrogen-bond acceptors (Lipinski definition) is 5. The third kappa shape index (κ3) is 3.76. The molecule has 1 aliphatic heterocycles. The second-order valence-electron chi connectivity index (χ2n) is 7.11. The van der Waals surface area contributed by atoms with Gasteiger partial charge in [0, 0.05) is 19.3 Å². The van der Waals surface area contributed by atoms with Crippen molar-refractivity contribution in [3.8, 4) is 0 Å². The van der Waals surface area contributed by atoms with E-state index in [0.717, 1.165) is 29.0 Å². The fraction of sp³-hybridized carbons (Fsp3) is 0.350. The maximum atomic E-state index is 11.5. The number of rotatable bonds is 5. The number of hydrogen-bond donors (Lipinski definition) is 1. The van der Waals surface area contributed by atoms with Gasteiger partial charge < -0.3 is 14.6 Å². The first-order valence-corrected chi connectivity index (χ1v) is 10.9. The smallest absolute Gasteiger partial charge is 0.175 e. The van der Waals surface area contributed by atoms with Gasteiger partial charge in [-0.25, -0.2) is 13.4 Å². The number of benzene rings is 2. The zero-order valence-electron chi connectivity index (χ0n) is 15.5. The molecule has 142 valence electrons. The van der Waals surface area contributed by atoms with Crippen molar-refractivity contribution in [2.24, 2.45) is 0 Å². The molecule has 4 rings (SSSR count). The molecule has 2 aromatic carbocycles. The zero-order chi connectivity index (χ0) is 19.0. The number of nitrogens with zero attached hydrogens (tertiary/aromatic N) is 2. The van der Waals surface area contributed by atoms with E-state index in [1.807, 2.05) is 12.1 Å². The maximum absolute atomic E-state index is 11.5. The summed E-state index contributed by atoms with van der Waals surface area (Å²) in [5.41, 5.74) is 4.42. The number of aryl methyl sites for hydroxylation is 1. The van der Waals surface area contributed by atoms with Crippen molar-refractivity contribution in [2.45, 2.75) is 31.0 Å². The van der Waals surface area contributed by atoms with E-state index in [2.05, 4.69) is 35.0 Å². The van der Waals surface area contributed by atoms with Gasteiger partial charge in [0.25, 0.3) is 0 Å².